The van der Waals surface area contributed by atoms with E-state index in [1.165, 1.54) is 11.8 Å². The van der Waals surface area contributed by atoms with Crippen molar-refractivity contribution in [2.75, 3.05) is 18.2 Å². The molecule has 0 spiro atoms. The number of carbonyl (C=O) groups excluding carboxylic acids is 1. The topological polar surface area (TPSA) is 69.0 Å². The second-order valence-corrected chi connectivity index (χ2v) is 7.03. The highest BCUT2D eigenvalue weighted by Crippen LogP contribution is 2.26. The number of rotatable bonds is 8. The summed E-state index contributed by atoms with van der Waals surface area (Å²) in [6, 6.07) is 15.2. The molecule has 0 aliphatic rings. The second kappa shape index (κ2) is 9.23. The summed E-state index contributed by atoms with van der Waals surface area (Å²) in [5.74, 6) is 1.64. The monoisotopic (exact) mass is 394 g/mol. The molecule has 0 saturated carbocycles. The zero-order chi connectivity index (χ0) is 19.9. The number of methoxy groups -OCH3 is 1. The highest BCUT2D eigenvalue weighted by Gasteiger charge is 2.16. The van der Waals surface area contributed by atoms with Crippen LogP contribution in [-0.2, 0) is 11.3 Å². The van der Waals surface area contributed by atoms with Crippen molar-refractivity contribution in [3.05, 3.63) is 66.7 Å². The number of nitrogens with one attached hydrogen (secondary N) is 1. The molecule has 3 aromatic rings. The molecule has 144 valence electrons. The van der Waals surface area contributed by atoms with Crippen LogP contribution in [0.15, 0.2) is 66.3 Å². The number of ether oxygens (including phenoxy) is 1. The molecule has 7 heteroatoms. The lowest BCUT2D eigenvalue weighted by Crippen LogP contribution is -2.14. The highest BCUT2D eigenvalue weighted by molar-refractivity contribution is 7.99. The van der Waals surface area contributed by atoms with Gasteiger partial charge in [-0.05, 0) is 36.8 Å². The molecular formula is C21H22N4O2S. The van der Waals surface area contributed by atoms with Crippen molar-refractivity contribution in [3.8, 4) is 17.1 Å². The highest BCUT2D eigenvalue weighted by atomic mass is 32.2. The number of anilines is 1. The fourth-order valence-corrected chi connectivity index (χ4v) is 3.46. The van der Waals surface area contributed by atoms with Crippen molar-refractivity contribution in [1.82, 2.24) is 14.8 Å². The molecule has 6 nitrogen and oxygen atoms in total. The van der Waals surface area contributed by atoms with Crippen molar-refractivity contribution >= 4 is 23.4 Å². The van der Waals surface area contributed by atoms with E-state index in [4.69, 9.17) is 4.74 Å². The standard InChI is InChI=1S/C21H22N4O2S/c1-4-13-25-20(18-8-6-5-7-15(18)2)23-24-21(25)28-14-19(26)22-16-9-11-17(27-3)12-10-16/h4-12H,1,13-14H2,2-3H3,(H,22,26). The van der Waals surface area contributed by atoms with E-state index in [0.29, 0.717) is 11.7 Å². The van der Waals surface area contributed by atoms with Gasteiger partial charge in [-0.3, -0.25) is 9.36 Å². The van der Waals surface area contributed by atoms with Crippen LogP contribution < -0.4 is 10.1 Å². The Hall–Kier alpha value is -3.06. The molecule has 0 bridgehead atoms. The Bertz CT molecular complexity index is 967. The maximum atomic E-state index is 12.3. The molecule has 28 heavy (non-hydrogen) atoms. The van der Waals surface area contributed by atoms with Gasteiger partial charge in [0.1, 0.15) is 5.75 Å². The average Bonchev–Trinajstić information content (AvgIpc) is 3.10. The number of hydrogen-bond donors (Lipinski definition) is 1. The van der Waals surface area contributed by atoms with Crippen LogP contribution in [0.5, 0.6) is 5.75 Å². The van der Waals surface area contributed by atoms with Gasteiger partial charge in [-0.15, -0.1) is 16.8 Å². The van der Waals surface area contributed by atoms with E-state index in [9.17, 15) is 4.79 Å². The molecule has 1 N–H and O–H groups in total. The quantitative estimate of drug-likeness (QED) is 0.458. The maximum Gasteiger partial charge on any atom is 0.234 e. The van der Waals surface area contributed by atoms with Crippen LogP contribution in [-0.4, -0.2) is 33.5 Å². The lowest BCUT2D eigenvalue weighted by atomic mass is 10.1. The molecule has 0 fully saturated rings. The first-order valence-electron chi connectivity index (χ1n) is 8.79. The molecule has 0 atom stereocenters. The van der Waals surface area contributed by atoms with Gasteiger partial charge < -0.3 is 10.1 Å². The molecule has 0 saturated heterocycles. The van der Waals surface area contributed by atoms with Gasteiger partial charge in [0.15, 0.2) is 11.0 Å². The Balaban J connectivity index is 1.70. The van der Waals surface area contributed by atoms with Gasteiger partial charge in [0.25, 0.3) is 0 Å². The van der Waals surface area contributed by atoms with Crippen LogP contribution in [0.1, 0.15) is 5.56 Å². The Morgan fingerprint density at radius 2 is 1.96 bits per heavy atom. The third-order valence-corrected chi connectivity index (χ3v) is 5.09. The molecule has 2 aromatic carbocycles. The fourth-order valence-electron chi connectivity index (χ4n) is 2.71. The minimum atomic E-state index is -0.110. The molecule has 0 radical (unpaired) electrons. The average molecular weight is 395 g/mol. The van der Waals surface area contributed by atoms with Gasteiger partial charge in [-0.2, -0.15) is 0 Å². The molecule has 0 aliphatic carbocycles. The first-order chi connectivity index (χ1) is 13.6. The Kier molecular flexibility index (Phi) is 6.49. The van der Waals surface area contributed by atoms with Crippen molar-refractivity contribution < 1.29 is 9.53 Å². The van der Waals surface area contributed by atoms with Crippen molar-refractivity contribution in [2.45, 2.75) is 18.6 Å². The predicted octanol–water partition coefficient (Wildman–Crippen LogP) is 4.18. The van der Waals surface area contributed by atoms with Crippen LogP contribution >= 0.6 is 11.8 Å². The van der Waals surface area contributed by atoms with Crippen molar-refractivity contribution in [1.29, 1.82) is 0 Å². The van der Waals surface area contributed by atoms with Gasteiger partial charge >= 0.3 is 0 Å². The van der Waals surface area contributed by atoms with E-state index < -0.39 is 0 Å². The summed E-state index contributed by atoms with van der Waals surface area (Å²) in [6.07, 6.45) is 1.80. The minimum absolute atomic E-state index is 0.110. The maximum absolute atomic E-state index is 12.3. The van der Waals surface area contributed by atoms with Crippen LogP contribution in [0, 0.1) is 6.92 Å². The number of allylic oxidation sites excluding steroid dienone is 1. The molecule has 0 aliphatic heterocycles. The first kappa shape index (κ1) is 19.7. The number of benzene rings is 2. The SMILES string of the molecule is C=CCn1c(SCC(=O)Nc2ccc(OC)cc2)nnc1-c1ccccc1C. The number of thioether (sulfide) groups is 1. The smallest absolute Gasteiger partial charge is 0.234 e. The zero-order valence-electron chi connectivity index (χ0n) is 15.9. The fraction of sp³-hybridized carbons (Fsp3) is 0.190. The van der Waals surface area contributed by atoms with E-state index in [-0.39, 0.29) is 11.7 Å². The number of amides is 1. The minimum Gasteiger partial charge on any atom is -0.497 e. The Labute approximate surface area is 168 Å². The van der Waals surface area contributed by atoms with Crippen molar-refractivity contribution in [2.24, 2.45) is 0 Å². The van der Waals surface area contributed by atoms with Crippen LogP contribution in [0.3, 0.4) is 0 Å². The van der Waals surface area contributed by atoms with E-state index in [1.54, 1.807) is 37.5 Å². The third-order valence-electron chi connectivity index (χ3n) is 4.12. The second-order valence-electron chi connectivity index (χ2n) is 6.09. The van der Waals surface area contributed by atoms with Gasteiger partial charge in [0, 0.05) is 17.8 Å². The lowest BCUT2D eigenvalue weighted by molar-refractivity contribution is -0.113. The van der Waals surface area contributed by atoms with Crippen LogP contribution in [0.2, 0.25) is 0 Å². The number of carbonyl (C=O) groups is 1. The Morgan fingerprint density at radius 1 is 1.21 bits per heavy atom. The summed E-state index contributed by atoms with van der Waals surface area (Å²) >= 11 is 1.35. The largest absolute Gasteiger partial charge is 0.497 e. The first-order valence-corrected chi connectivity index (χ1v) is 9.77. The van der Waals surface area contributed by atoms with Crippen LogP contribution in [0.4, 0.5) is 5.69 Å². The Morgan fingerprint density at radius 3 is 2.64 bits per heavy atom. The lowest BCUT2D eigenvalue weighted by Gasteiger charge is -2.10. The molecular weight excluding hydrogens is 372 g/mol. The van der Waals surface area contributed by atoms with E-state index in [0.717, 1.165) is 28.4 Å². The molecule has 1 heterocycles. The summed E-state index contributed by atoms with van der Waals surface area (Å²) in [6.45, 7) is 6.43. The zero-order valence-corrected chi connectivity index (χ0v) is 16.7. The predicted molar refractivity (Wildman–Crippen MR) is 113 cm³/mol. The van der Waals surface area contributed by atoms with Gasteiger partial charge in [0.05, 0.1) is 12.9 Å². The summed E-state index contributed by atoms with van der Waals surface area (Å²) in [7, 11) is 1.61. The molecule has 0 unspecified atom stereocenters. The number of aromatic nitrogens is 3. The van der Waals surface area contributed by atoms with Gasteiger partial charge in [-0.1, -0.05) is 42.1 Å². The number of aryl methyl sites for hydroxylation is 1. The summed E-state index contributed by atoms with van der Waals surface area (Å²) in [5, 5.41) is 12.2. The van der Waals surface area contributed by atoms with E-state index >= 15 is 0 Å². The summed E-state index contributed by atoms with van der Waals surface area (Å²) < 4.78 is 7.09. The number of hydrogen-bond acceptors (Lipinski definition) is 5. The normalized spacial score (nSPS) is 10.5. The van der Waals surface area contributed by atoms with Crippen LogP contribution in [0.25, 0.3) is 11.4 Å². The third kappa shape index (κ3) is 4.61. The molecule has 1 aromatic heterocycles. The number of nitrogens with zero attached hydrogens (tertiary/aromatic N) is 3. The van der Waals surface area contributed by atoms with Gasteiger partial charge in [-0.25, -0.2) is 0 Å². The summed E-state index contributed by atoms with van der Waals surface area (Å²) in [5.41, 5.74) is 2.86. The summed E-state index contributed by atoms with van der Waals surface area (Å²) in [4.78, 5) is 12.3. The van der Waals surface area contributed by atoms with E-state index in [2.05, 4.69) is 22.1 Å². The van der Waals surface area contributed by atoms with E-state index in [1.807, 2.05) is 35.8 Å². The van der Waals surface area contributed by atoms with Gasteiger partial charge in [0.2, 0.25) is 5.91 Å². The molecule has 3 rings (SSSR count). The van der Waals surface area contributed by atoms with Crippen molar-refractivity contribution in [3.63, 3.8) is 0 Å². The molecule has 1 amide bonds.